The first-order chi connectivity index (χ1) is 9.79. The van der Waals surface area contributed by atoms with Gasteiger partial charge in [-0.25, -0.2) is 0 Å². The van der Waals surface area contributed by atoms with E-state index in [1.807, 2.05) is 0 Å². The number of carboxylic acids is 2. The topological polar surface area (TPSA) is 154 Å². The summed E-state index contributed by atoms with van der Waals surface area (Å²) in [6, 6.07) is 0. The normalized spacial score (nSPS) is 33.1. The van der Waals surface area contributed by atoms with Gasteiger partial charge in [0.25, 0.3) is 0 Å². The summed E-state index contributed by atoms with van der Waals surface area (Å²) < 4.78 is 10.3. The second kappa shape index (κ2) is 7.92. The van der Waals surface area contributed by atoms with Crippen LogP contribution in [0.5, 0.6) is 0 Å². The molecule has 122 valence electrons. The number of carbonyl (C=O) groups is 2. The van der Waals surface area contributed by atoms with E-state index in [2.05, 4.69) is 0 Å². The third-order valence-corrected chi connectivity index (χ3v) is 3.45. The Morgan fingerprint density at radius 1 is 1.14 bits per heavy atom. The molecule has 5 atom stereocenters. The van der Waals surface area contributed by atoms with Crippen LogP contribution in [0.4, 0.5) is 0 Å². The molecule has 1 aliphatic heterocycles. The largest absolute Gasteiger partial charge is 0.481 e. The third kappa shape index (κ3) is 4.53. The lowest BCUT2D eigenvalue weighted by atomic mass is 9.91. The van der Waals surface area contributed by atoms with Crippen LogP contribution in [0.1, 0.15) is 6.42 Å². The molecule has 1 saturated heterocycles. The second-order valence-electron chi connectivity index (χ2n) is 4.55. The van der Waals surface area contributed by atoms with Gasteiger partial charge >= 0.3 is 11.9 Å². The molecule has 1 fully saturated rings. The maximum atomic E-state index is 10.9. The molecule has 1 rings (SSSR count). The minimum absolute atomic E-state index is 0.137. The zero-order valence-electron chi connectivity index (χ0n) is 11.2. The van der Waals surface area contributed by atoms with Crippen LogP contribution in [0.2, 0.25) is 0 Å². The van der Waals surface area contributed by atoms with Gasteiger partial charge in [-0.05, 0) is 6.26 Å². The fraction of sp³-hybridized carbons (Fsp3) is 0.818. The summed E-state index contributed by atoms with van der Waals surface area (Å²) in [5.41, 5.74) is 0. The van der Waals surface area contributed by atoms with Crippen molar-refractivity contribution in [2.45, 2.75) is 37.1 Å². The summed E-state index contributed by atoms with van der Waals surface area (Å²) >= 11 is 1.28. The molecule has 1 unspecified atom stereocenters. The van der Waals surface area contributed by atoms with Gasteiger partial charge in [0.2, 0.25) is 0 Å². The van der Waals surface area contributed by atoms with Gasteiger partial charge in [0.15, 0.2) is 12.2 Å². The Balaban J connectivity index is 2.79. The summed E-state index contributed by atoms with van der Waals surface area (Å²) in [7, 11) is 0. The first-order valence-electron chi connectivity index (χ1n) is 6.05. The van der Waals surface area contributed by atoms with E-state index in [1.165, 1.54) is 11.8 Å². The number of carboxylic acid groups (broad SMARTS) is 2. The molecule has 0 aromatic heterocycles. The van der Waals surface area contributed by atoms with Crippen molar-refractivity contribution in [3.8, 4) is 0 Å². The van der Waals surface area contributed by atoms with E-state index in [4.69, 9.17) is 19.7 Å². The van der Waals surface area contributed by atoms with E-state index in [9.17, 15) is 24.9 Å². The molecule has 0 bridgehead atoms. The number of aliphatic carboxylic acids is 2. The number of thioether (sulfide) groups is 1. The van der Waals surface area contributed by atoms with Crippen LogP contribution < -0.4 is 0 Å². The van der Waals surface area contributed by atoms with Crippen LogP contribution in [-0.4, -0.2) is 80.4 Å². The molecule has 5 N–H and O–H groups in total. The second-order valence-corrected chi connectivity index (χ2v) is 5.37. The number of hydrogen-bond acceptors (Lipinski definition) is 8. The number of aliphatic hydroxyl groups excluding tert-OH is 3. The number of hydrogen-bond donors (Lipinski definition) is 5. The Hall–Kier alpha value is -0.910. The highest BCUT2D eigenvalue weighted by molar-refractivity contribution is 7.98. The van der Waals surface area contributed by atoms with E-state index in [0.29, 0.717) is 0 Å². The lowest BCUT2D eigenvalue weighted by molar-refractivity contribution is -0.294. The molecule has 0 spiro atoms. The summed E-state index contributed by atoms with van der Waals surface area (Å²) in [5.74, 6) is -4.83. The third-order valence-electron chi connectivity index (χ3n) is 3.08. The van der Waals surface area contributed by atoms with Gasteiger partial charge in [-0.1, -0.05) is 0 Å². The van der Waals surface area contributed by atoms with Crippen molar-refractivity contribution in [2.24, 2.45) is 5.92 Å². The standard InChI is InChI=1S/C11H18O9S/c1-21-3-19-11-8(14)7(13)6(12)5(20-11)2-4(9(15)16)10(17)18/h4-8,11-14H,2-3H2,1H3,(H,15,16)(H,17,18)/t5-,6-,7+,8+,11?/m1/s1. The average Bonchev–Trinajstić information content (AvgIpc) is 2.42. The van der Waals surface area contributed by atoms with E-state index in [0.717, 1.165) is 0 Å². The van der Waals surface area contributed by atoms with Crippen molar-refractivity contribution in [2.75, 3.05) is 12.2 Å². The highest BCUT2D eigenvalue weighted by Gasteiger charge is 2.46. The quantitative estimate of drug-likeness (QED) is 0.270. The maximum Gasteiger partial charge on any atom is 0.317 e. The van der Waals surface area contributed by atoms with Gasteiger partial charge in [-0.2, -0.15) is 0 Å². The molecule has 0 saturated carbocycles. The number of rotatable bonds is 7. The van der Waals surface area contributed by atoms with Crippen molar-refractivity contribution in [3.63, 3.8) is 0 Å². The molecule has 9 nitrogen and oxygen atoms in total. The van der Waals surface area contributed by atoms with Crippen LogP contribution in [0.15, 0.2) is 0 Å². The zero-order valence-corrected chi connectivity index (χ0v) is 12.0. The van der Waals surface area contributed by atoms with E-state index in [-0.39, 0.29) is 5.94 Å². The molecule has 21 heavy (non-hydrogen) atoms. The van der Waals surface area contributed by atoms with Gasteiger partial charge < -0.3 is 35.0 Å². The highest BCUT2D eigenvalue weighted by Crippen LogP contribution is 2.27. The first-order valence-corrected chi connectivity index (χ1v) is 7.44. The molecular formula is C11H18O9S. The molecule has 0 amide bonds. The lowest BCUT2D eigenvalue weighted by Gasteiger charge is -2.40. The molecule has 0 radical (unpaired) electrons. The van der Waals surface area contributed by atoms with Crippen molar-refractivity contribution < 1.29 is 44.6 Å². The molecule has 0 aromatic rings. The zero-order chi connectivity index (χ0) is 16.2. The number of ether oxygens (including phenoxy) is 2. The van der Waals surface area contributed by atoms with Gasteiger partial charge in [0.1, 0.15) is 18.3 Å². The van der Waals surface area contributed by atoms with Crippen LogP contribution in [-0.2, 0) is 19.1 Å². The van der Waals surface area contributed by atoms with Gasteiger partial charge in [0.05, 0.1) is 12.0 Å². The summed E-state index contributed by atoms with van der Waals surface area (Å²) in [6.45, 7) is 0. The van der Waals surface area contributed by atoms with E-state index < -0.39 is 55.0 Å². The fourth-order valence-corrected chi connectivity index (χ4v) is 2.19. The van der Waals surface area contributed by atoms with Gasteiger partial charge in [-0.3, -0.25) is 9.59 Å². The molecular weight excluding hydrogens is 308 g/mol. The lowest BCUT2D eigenvalue weighted by Crippen LogP contribution is -2.58. The first kappa shape index (κ1) is 18.1. The Morgan fingerprint density at radius 3 is 2.19 bits per heavy atom. The van der Waals surface area contributed by atoms with Crippen LogP contribution >= 0.6 is 11.8 Å². The Bertz CT molecular complexity index is 363. The number of aliphatic hydroxyl groups is 3. The summed E-state index contributed by atoms with van der Waals surface area (Å²) in [4.78, 5) is 21.7. The molecule has 0 aromatic carbocycles. The SMILES string of the molecule is CSCOC1O[C@H](CC(C(=O)O)C(=O)O)[C@@H](O)[C@H](O)[C@@H]1O. The average molecular weight is 326 g/mol. The maximum absolute atomic E-state index is 10.9. The van der Waals surface area contributed by atoms with Gasteiger partial charge in [-0.15, -0.1) is 11.8 Å². The van der Waals surface area contributed by atoms with Gasteiger partial charge in [0, 0.05) is 6.42 Å². The van der Waals surface area contributed by atoms with Crippen LogP contribution in [0.25, 0.3) is 0 Å². The van der Waals surface area contributed by atoms with Crippen LogP contribution in [0.3, 0.4) is 0 Å². The molecule has 10 heteroatoms. The predicted molar refractivity (Wildman–Crippen MR) is 69.5 cm³/mol. The van der Waals surface area contributed by atoms with Crippen molar-refractivity contribution in [1.29, 1.82) is 0 Å². The minimum atomic E-state index is -1.80. The van der Waals surface area contributed by atoms with E-state index in [1.54, 1.807) is 6.26 Å². The molecule has 1 heterocycles. The summed E-state index contributed by atoms with van der Waals surface area (Å²) in [6.07, 6.45) is -6.15. The minimum Gasteiger partial charge on any atom is -0.481 e. The predicted octanol–water partition coefficient (Wildman–Crippen LogP) is -1.69. The Kier molecular flexibility index (Phi) is 6.84. The molecule has 0 aliphatic carbocycles. The Morgan fingerprint density at radius 2 is 1.71 bits per heavy atom. The smallest absolute Gasteiger partial charge is 0.317 e. The monoisotopic (exact) mass is 326 g/mol. The highest BCUT2D eigenvalue weighted by atomic mass is 32.2. The van der Waals surface area contributed by atoms with Crippen molar-refractivity contribution in [3.05, 3.63) is 0 Å². The van der Waals surface area contributed by atoms with Crippen molar-refractivity contribution >= 4 is 23.7 Å². The van der Waals surface area contributed by atoms with Crippen LogP contribution in [0, 0.1) is 5.92 Å². The fourth-order valence-electron chi connectivity index (χ4n) is 1.92. The van der Waals surface area contributed by atoms with Crippen molar-refractivity contribution in [1.82, 2.24) is 0 Å². The Labute approximate surface area is 124 Å². The van der Waals surface area contributed by atoms with E-state index >= 15 is 0 Å². The summed E-state index contributed by atoms with van der Waals surface area (Å²) in [5, 5.41) is 46.8. The molecule has 1 aliphatic rings.